The molecule has 5 aromatic rings. The Balaban J connectivity index is 1.40. The predicted octanol–water partition coefficient (Wildman–Crippen LogP) is 4.24. The van der Waals surface area contributed by atoms with Crippen molar-refractivity contribution in [3.63, 3.8) is 0 Å². The van der Waals surface area contributed by atoms with Crippen LogP contribution in [0, 0.1) is 5.82 Å². The van der Waals surface area contributed by atoms with Gasteiger partial charge in [-0.2, -0.15) is 0 Å². The first-order valence-corrected chi connectivity index (χ1v) is 9.76. The summed E-state index contributed by atoms with van der Waals surface area (Å²) < 4.78 is 14.7. The second-order valence-corrected chi connectivity index (χ2v) is 7.32. The van der Waals surface area contributed by atoms with E-state index in [9.17, 15) is 9.18 Å². The minimum Gasteiger partial charge on any atom is -0.361 e. The number of hydrogen-bond acceptors (Lipinski definition) is 4. The topological polar surface area (TPSA) is 78.3 Å². The van der Waals surface area contributed by atoms with Gasteiger partial charge in [0, 0.05) is 31.0 Å². The van der Waals surface area contributed by atoms with Gasteiger partial charge in [0.2, 0.25) is 0 Å². The van der Waals surface area contributed by atoms with Crippen molar-refractivity contribution in [2.45, 2.75) is 6.54 Å². The number of nitrogens with one attached hydrogen (secondary N) is 2. The summed E-state index contributed by atoms with van der Waals surface area (Å²) in [4.78, 5) is 22.2. The summed E-state index contributed by atoms with van der Waals surface area (Å²) in [5.41, 5.74) is 3.48. The van der Waals surface area contributed by atoms with E-state index in [-0.39, 0.29) is 11.7 Å². The Morgan fingerprint density at radius 2 is 1.97 bits per heavy atom. The van der Waals surface area contributed by atoms with Crippen LogP contribution in [-0.4, -0.2) is 32.5 Å². The van der Waals surface area contributed by atoms with E-state index in [4.69, 9.17) is 0 Å². The van der Waals surface area contributed by atoms with Crippen LogP contribution in [0.4, 0.5) is 15.9 Å². The number of nitrogens with zero attached hydrogens (tertiary/aromatic N) is 4. The second-order valence-electron chi connectivity index (χ2n) is 7.32. The molecule has 0 saturated heterocycles. The van der Waals surface area contributed by atoms with E-state index in [0.717, 1.165) is 16.5 Å². The molecule has 31 heavy (non-hydrogen) atoms. The van der Waals surface area contributed by atoms with Gasteiger partial charge in [0.25, 0.3) is 5.91 Å². The van der Waals surface area contributed by atoms with Crippen LogP contribution >= 0.6 is 0 Å². The SMILES string of the molecule is CN(Cc1ccc(F)cc1)c1ccc2ncc(C(=O)Nc3ccc4cc[nH]c4c3)n2n1. The summed E-state index contributed by atoms with van der Waals surface area (Å²) in [6.07, 6.45) is 3.36. The molecule has 2 N–H and O–H groups in total. The van der Waals surface area contributed by atoms with E-state index < -0.39 is 0 Å². The van der Waals surface area contributed by atoms with Gasteiger partial charge in [0.15, 0.2) is 11.3 Å². The molecule has 154 valence electrons. The molecule has 0 spiro atoms. The Hall–Kier alpha value is -4.20. The molecule has 0 bridgehead atoms. The number of rotatable bonds is 5. The maximum atomic E-state index is 13.1. The van der Waals surface area contributed by atoms with Crippen molar-refractivity contribution >= 4 is 34.0 Å². The van der Waals surface area contributed by atoms with Crippen LogP contribution in [0.2, 0.25) is 0 Å². The standard InChI is InChI=1S/C23H19FN6O/c1-29(14-15-2-5-17(24)6-3-15)22-9-8-21-26-13-20(30(21)28-22)23(31)27-18-7-4-16-10-11-25-19(16)12-18/h2-13,25H,14H2,1H3,(H,27,31). The zero-order chi connectivity index (χ0) is 21.4. The Morgan fingerprint density at radius 1 is 1.13 bits per heavy atom. The van der Waals surface area contributed by atoms with Crippen LogP contribution in [0.15, 0.2) is 73.1 Å². The fourth-order valence-electron chi connectivity index (χ4n) is 3.49. The highest BCUT2D eigenvalue weighted by molar-refractivity contribution is 6.04. The highest BCUT2D eigenvalue weighted by atomic mass is 19.1. The first-order chi connectivity index (χ1) is 15.1. The van der Waals surface area contributed by atoms with Crippen LogP contribution in [0.25, 0.3) is 16.6 Å². The largest absolute Gasteiger partial charge is 0.361 e. The number of anilines is 2. The molecular formula is C23H19FN6O. The summed E-state index contributed by atoms with van der Waals surface area (Å²) in [6, 6.07) is 17.6. The van der Waals surface area contributed by atoms with Gasteiger partial charge in [-0.1, -0.05) is 18.2 Å². The van der Waals surface area contributed by atoms with Crippen molar-refractivity contribution in [3.05, 3.63) is 90.1 Å². The highest BCUT2D eigenvalue weighted by Gasteiger charge is 2.15. The Labute approximate surface area is 177 Å². The smallest absolute Gasteiger partial charge is 0.276 e. The highest BCUT2D eigenvalue weighted by Crippen LogP contribution is 2.19. The number of halogens is 1. The molecule has 8 heteroatoms. The average Bonchev–Trinajstić information content (AvgIpc) is 3.41. The number of fused-ring (bicyclic) bond motifs is 2. The zero-order valence-electron chi connectivity index (χ0n) is 16.7. The second kappa shape index (κ2) is 7.56. The van der Waals surface area contributed by atoms with E-state index in [1.807, 2.05) is 54.5 Å². The van der Waals surface area contributed by atoms with Gasteiger partial charge in [0.1, 0.15) is 11.6 Å². The van der Waals surface area contributed by atoms with Gasteiger partial charge in [0.05, 0.1) is 6.20 Å². The third-order valence-electron chi connectivity index (χ3n) is 5.12. The number of aromatic amines is 1. The predicted molar refractivity (Wildman–Crippen MR) is 118 cm³/mol. The maximum Gasteiger partial charge on any atom is 0.276 e. The van der Waals surface area contributed by atoms with Crippen LogP contribution in [-0.2, 0) is 6.54 Å². The van der Waals surface area contributed by atoms with Gasteiger partial charge < -0.3 is 15.2 Å². The van der Waals surface area contributed by atoms with Crippen molar-refractivity contribution in [1.82, 2.24) is 19.6 Å². The summed E-state index contributed by atoms with van der Waals surface area (Å²) in [7, 11) is 1.89. The number of aromatic nitrogens is 4. The molecule has 2 aromatic carbocycles. The van der Waals surface area contributed by atoms with Crippen molar-refractivity contribution in [2.75, 3.05) is 17.3 Å². The Bertz CT molecular complexity index is 1390. The van der Waals surface area contributed by atoms with Gasteiger partial charge in [-0.25, -0.2) is 13.9 Å². The fourth-order valence-corrected chi connectivity index (χ4v) is 3.49. The van der Waals surface area contributed by atoms with Crippen molar-refractivity contribution in [1.29, 1.82) is 0 Å². The number of amides is 1. The summed E-state index contributed by atoms with van der Waals surface area (Å²) in [5.74, 6) is 0.0938. The minimum absolute atomic E-state index is 0.268. The maximum absolute atomic E-state index is 13.1. The Kier molecular flexibility index (Phi) is 4.59. The number of H-pyrrole nitrogens is 1. The molecular weight excluding hydrogens is 395 g/mol. The average molecular weight is 414 g/mol. The molecule has 3 heterocycles. The van der Waals surface area contributed by atoms with E-state index in [1.54, 1.807) is 12.1 Å². The van der Waals surface area contributed by atoms with Crippen LogP contribution in [0.5, 0.6) is 0 Å². The van der Waals surface area contributed by atoms with E-state index in [0.29, 0.717) is 29.4 Å². The van der Waals surface area contributed by atoms with Gasteiger partial charge in [-0.15, -0.1) is 5.10 Å². The lowest BCUT2D eigenvalue weighted by Gasteiger charge is -2.18. The lowest BCUT2D eigenvalue weighted by Crippen LogP contribution is -2.20. The first-order valence-electron chi connectivity index (χ1n) is 9.76. The monoisotopic (exact) mass is 414 g/mol. The van der Waals surface area contributed by atoms with Crippen molar-refractivity contribution in [2.24, 2.45) is 0 Å². The van der Waals surface area contributed by atoms with Crippen LogP contribution in [0.3, 0.4) is 0 Å². The number of hydrogen-bond donors (Lipinski definition) is 2. The van der Waals surface area contributed by atoms with E-state index in [2.05, 4.69) is 20.4 Å². The first kappa shape index (κ1) is 18.8. The molecule has 7 nitrogen and oxygen atoms in total. The number of imidazole rings is 1. The third kappa shape index (κ3) is 3.71. The molecule has 0 fully saturated rings. The van der Waals surface area contributed by atoms with Gasteiger partial charge in [-0.3, -0.25) is 4.79 Å². The lowest BCUT2D eigenvalue weighted by molar-refractivity contribution is 0.102. The fraction of sp³-hybridized carbons (Fsp3) is 0.0870. The summed E-state index contributed by atoms with van der Waals surface area (Å²) >= 11 is 0. The normalized spacial score (nSPS) is 11.2. The van der Waals surface area contributed by atoms with Crippen molar-refractivity contribution in [3.8, 4) is 0 Å². The molecule has 0 aliphatic rings. The van der Waals surface area contributed by atoms with Gasteiger partial charge in [-0.05, 0) is 53.4 Å². The number of carbonyl (C=O) groups is 1. The molecule has 0 saturated carbocycles. The summed E-state index contributed by atoms with van der Waals surface area (Å²) in [5, 5.41) is 8.57. The molecule has 5 rings (SSSR count). The van der Waals surface area contributed by atoms with E-state index >= 15 is 0 Å². The Morgan fingerprint density at radius 3 is 2.81 bits per heavy atom. The molecule has 1 amide bonds. The van der Waals surface area contributed by atoms with Crippen LogP contribution in [0.1, 0.15) is 16.1 Å². The van der Waals surface area contributed by atoms with Gasteiger partial charge >= 0.3 is 0 Å². The zero-order valence-corrected chi connectivity index (χ0v) is 16.7. The minimum atomic E-state index is -0.302. The molecule has 0 atom stereocenters. The third-order valence-corrected chi connectivity index (χ3v) is 5.12. The molecule has 0 aliphatic heterocycles. The van der Waals surface area contributed by atoms with Crippen LogP contribution < -0.4 is 10.2 Å². The number of benzene rings is 2. The molecule has 0 unspecified atom stereocenters. The van der Waals surface area contributed by atoms with Crippen molar-refractivity contribution < 1.29 is 9.18 Å². The number of carbonyl (C=O) groups excluding carboxylic acids is 1. The van der Waals surface area contributed by atoms with E-state index in [1.165, 1.54) is 22.8 Å². The lowest BCUT2D eigenvalue weighted by atomic mass is 10.2. The summed E-state index contributed by atoms with van der Waals surface area (Å²) in [6.45, 7) is 0.547. The molecule has 0 radical (unpaired) electrons. The molecule has 0 aliphatic carbocycles. The quantitative estimate of drug-likeness (QED) is 0.451. The molecule has 3 aromatic heterocycles.